The second-order valence-electron chi connectivity index (χ2n) is 9.47. The maximum absolute atomic E-state index is 13.0. The molecule has 8 nitrogen and oxygen atoms in total. The number of benzene rings is 2. The number of ether oxygens (including phenoxy) is 1. The maximum atomic E-state index is 13.0. The molecule has 0 saturated carbocycles. The van der Waals surface area contributed by atoms with Gasteiger partial charge in [0, 0.05) is 37.2 Å². The lowest BCUT2D eigenvalue weighted by Crippen LogP contribution is -2.34. The normalized spacial score (nSPS) is 15.9. The van der Waals surface area contributed by atoms with Crippen LogP contribution in [0, 0.1) is 13.8 Å². The van der Waals surface area contributed by atoms with E-state index in [1.807, 2.05) is 41.9 Å². The summed E-state index contributed by atoms with van der Waals surface area (Å²) >= 11 is 0. The summed E-state index contributed by atoms with van der Waals surface area (Å²) in [6, 6.07) is 16.5. The molecule has 2 aromatic heterocycles. The number of aryl methyl sites for hydroxylation is 4. The number of rotatable bonds is 9. The second-order valence-corrected chi connectivity index (χ2v) is 9.47. The number of hydrogen-bond acceptors (Lipinski definition) is 6. The van der Waals surface area contributed by atoms with Crippen LogP contribution < -0.4 is 5.56 Å². The van der Waals surface area contributed by atoms with Crippen molar-refractivity contribution in [2.75, 3.05) is 13.2 Å². The number of nitrogens with zero attached hydrogens (tertiary/aromatic N) is 5. The third-order valence-electron chi connectivity index (χ3n) is 6.83. The summed E-state index contributed by atoms with van der Waals surface area (Å²) in [6.07, 6.45) is 3.12. The van der Waals surface area contributed by atoms with Gasteiger partial charge in [0.2, 0.25) is 0 Å². The standard InChI is InChI=1S/C27H32N6O2/c1-19-10-11-20(2)26-24(19)15-22(27(34)28-26)16-32(17-23-9-6-14-35-23)18-25-29-30-31-33(25)13-12-21-7-4-3-5-8-21/h3-5,7-8,10-11,15,23H,6,9,12-14,16-18H2,1-2H3,(H,28,34)/t23-/m0/s1. The number of pyridine rings is 1. The fourth-order valence-corrected chi connectivity index (χ4v) is 4.83. The first-order valence-electron chi connectivity index (χ1n) is 12.3. The summed E-state index contributed by atoms with van der Waals surface area (Å²) in [5.74, 6) is 0.795. The van der Waals surface area contributed by atoms with Gasteiger partial charge in [0.1, 0.15) is 0 Å². The van der Waals surface area contributed by atoms with Crippen LogP contribution in [0.25, 0.3) is 10.9 Å². The van der Waals surface area contributed by atoms with Crippen molar-refractivity contribution in [3.63, 3.8) is 0 Å². The fraction of sp³-hybridized carbons (Fsp3) is 0.407. The molecule has 1 aliphatic heterocycles. The zero-order valence-corrected chi connectivity index (χ0v) is 20.4. The van der Waals surface area contributed by atoms with Gasteiger partial charge >= 0.3 is 0 Å². The zero-order valence-electron chi connectivity index (χ0n) is 20.4. The number of hydrogen-bond donors (Lipinski definition) is 1. The largest absolute Gasteiger partial charge is 0.377 e. The van der Waals surface area contributed by atoms with E-state index in [0.717, 1.165) is 65.8 Å². The van der Waals surface area contributed by atoms with E-state index in [0.29, 0.717) is 19.6 Å². The lowest BCUT2D eigenvalue weighted by molar-refractivity contribution is 0.0663. The van der Waals surface area contributed by atoms with Gasteiger partial charge in [0.05, 0.1) is 18.2 Å². The predicted octanol–water partition coefficient (Wildman–Crippen LogP) is 3.56. The summed E-state index contributed by atoms with van der Waals surface area (Å²) < 4.78 is 7.79. The first-order valence-corrected chi connectivity index (χ1v) is 12.3. The minimum absolute atomic E-state index is 0.0489. The third kappa shape index (κ3) is 5.49. The van der Waals surface area contributed by atoms with Crippen molar-refractivity contribution < 1.29 is 4.74 Å². The van der Waals surface area contributed by atoms with E-state index in [4.69, 9.17) is 4.74 Å². The second kappa shape index (κ2) is 10.5. The van der Waals surface area contributed by atoms with E-state index < -0.39 is 0 Å². The molecule has 4 aromatic rings. The topological polar surface area (TPSA) is 88.9 Å². The molecular weight excluding hydrogens is 440 g/mol. The van der Waals surface area contributed by atoms with Gasteiger partial charge in [-0.05, 0) is 66.3 Å². The van der Waals surface area contributed by atoms with Crippen LogP contribution in [0.4, 0.5) is 0 Å². The quantitative estimate of drug-likeness (QED) is 0.401. The molecule has 8 heteroatoms. The number of fused-ring (bicyclic) bond motifs is 1. The van der Waals surface area contributed by atoms with Crippen molar-refractivity contribution in [2.24, 2.45) is 0 Å². The van der Waals surface area contributed by atoms with E-state index >= 15 is 0 Å². The van der Waals surface area contributed by atoms with Crippen LogP contribution in [-0.2, 0) is 30.8 Å². The Balaban J connectivity index is 1.38. The van der Waals surface area contributed by atoms with Crippen LogP contribution in [0.1, 0.15) is 40.9 Å². The molecule has 1 fully saturated rings. The molecule has 3 heterocycles. The van der Waals surface area contributed by atoms with Crippen molar-refractivity contribution in [2.45, 2.75) is 58.8 Å². The number of tetrazole rings is 1. The van der Waals surface area contributed by atoms with Crippen LogP contribution >= 0.6 is 0 Å². The molecule has 1 saturated heterocycles. The zero-order chi connectivity index (χ0) is 24.2. The van der Waals surface area contributed by atoms with Gasteiger partial charge in [0.25, 0.3) is 5.56 Å². The van der Waals surface area contributed by atoms with Crippen molar-refractivity contribution in [3.05, 3.63) is 87.0 Å². The predicted molar refractivity (Wildman–Crippen MR) is 135 cm³/mol. The van der Waals surface area contributed by atoms with Crippen LogP contribution in [-0.4, -0.2) is 49.3 Å². The summed E-state index contributed by atoms with van der Waals surface area (Å²) in [4.78, 5) is 18.4. The molecule has 182 valence electrons. The number of nitrogens with one attached hydrogen (secondary N) is 1. The monoisotopic (exact) mass is 472 g/mol. The first kappa shape index (κ1) is 23.4. The highest BCUT2D eigenvalue weighted by Gasteiger charge is 2.22. The molecular formula is C27H32N6O2. The molecule has 2 aromatic carbocycles. The van der Waals surface area contributed by atoms with Gasteiger partial charge in [-0.2, -0.15) is 0 Å². The van der Waals surface area contributed by atoms with Crippen LogP contribution in [0.15, 0.2) is 53.3 Å². The van der Waals surface area contributed by atoms with Crippen LogP contribution in [0.3, 0.4) is 0 Å². The molecule has 1 aliphatic rings. The molecule has 35 heavy (non-hydrogen) atoms. The minimum Gasteiger partial charge on any atom is -0.377 e. The molecule has 5 rings (SSSR count). The third-order valence-corrected chi connectivity index (χ3v) is 6.83. The average Bonchev–Trinajstić information content (AvgIpc) is 3.54. The Bertz CT molecular complexity index is 1340. The van der Waals surface area contributed by atoms with E-state index in [2.05, 4.69) is 50.5 Å². The minimum atomic E-state index is -0.0489. The van der Waals surface area contributed by atoms with Crippen LogP contribution in [0.2, 0.25) is 0 Å². The van der Waals surface area contributed by atoms with Crippen molar-refractivity contribution in [1.29, 1.82) is 0 Å². The molecule has 0 radical (unpaired) electrons. The summed E-state index contributed by atoms with van der Waals surface area (Å²) in [6.45, 7) is 7.38. The number of aromatic amines is 1. The van der Waals surface area contributed by atoms with Gasteiger partial charge in [-0.25, -0.2) is 4.68 Å². The Hall–Kier alpha value is -3.36. The molecule has 1 atom stereocenters. The Morgan fingerprint density at radius 3 is 2.74 bits per heavy atom. The van der Waals surface area contributed by atoms with E-state index in [1.54, 1.807) is 0 Å². The fourth-order valence-electron chi connectivity index (χ4n) is 4.83. The highest BCUT2D eigenvalue weighted by Crippen LogP contribution is 2.21. The first-order chi connectivity index (χ1) is 17.1. The molecule has 0 amide bonds. The Kier molecular flexibility index (Phi) is 7.01. The lowest BCUT2D eigenvalue weighted by atomic mass is 10.0. The van der Waals surface area contributed by atoms with E-state index in [1.165, 1.54) is 5.56 Å². The van der Waals surface area contributed by atoms with E-state index in [9.17, 15) is 4.79 Å². The Labute approximate surface area is 204 Å². The summed E-state index contributed by atoms with van der Waals surface area (Å²) in [5, 5.41) is 13.6. The smallest absolute Gasteiger partial charge is 0.252 e. The average molecular weight is 473 g/mol. The summed E-state index contributed by atoms with van der Waals surface area (Å²) in [7, 11) is 0. The Morgan fingerprint density at radius 2 is 1.94 bits per heavy atom. The number of H-pyrrole nitrogens is 1. The SMILES string of the molecule is Cc1ccc(C)c2[nH]c(=O)c(CN(Cc3nnnn3CCc3ccccc3)C[C@@H]3CCCO3)cc12. The van der Waals surface area contributed by atoms with Gasteiger partial charge < -0.3 is 9.72 Å². The molecule has 0 unspecified atom stereocenters. The van der Waals surface area contributed by atoms with Gasteiger partial charge in [0.15, 0.2) is 5.82 Å². The van der Waals surface area contributed by atoms with Gasteiger partial charge in [-0.3, -0.25) is 9.69 Å². The Morgan fingerprint density at radius 1 is 1.11 bits per heavy atom. The maximum Gasteiger partial charge on any atom is 0.252 e. The number of aromatic nitrogens is 5. The highest BCUT2D eigenvalue weighted by molar-refractivity contribution is 5.85. The van der Waals surface area contributed by atoms with Gasteiger partial charge in [-0.15, -0.1) is 5.10 Å². The molecule has 0 aliphatic carbocycles. The molecule has 0 spiro atoms. The van der Waals surface area contributed by atoms with Gasteiger partial charge in [-0.1, -0.05) is 42.5 Å². The van der Waals surface area contributed by atoms with Crippen molar-refractivity contribution in [1.82, 2.24) is 30.1 Å². The summed E-state index contributed by atoms with van der Waals surface area (Å²) in [5.41, 5.74) is 5.08. The van der Waals surface area contributed by atoms with Crippen molar-refractivity contribution >= 4 is 10.9 Å². The molecule has 0 bridgehead atoms. The molecule has 1 N–H and O–H groups in total. The lowest BCUT2D eigenvalue weighted by Gasteiger charge is -2.24. The van der Waals surface area contributed by atoms with Crippen LogP contribution in [0.5, 0.6) is 0 Å². The van der Waals surface area contributed by atoms with Crippen molar-refractivity contribution in [3.8, 4) is 0 Å². The van der Waals surface area contributed by atoms with E-state index in [-0.39, 0.29) is 11.7 Å². The highest BCUT2D eigenvalue weighted by atomic mass is 16.5.